The fourth-order valence-corrected chi connectivity index (χ4v) is 4.80. The van der Waals surface area contributed by atoms with Crippen molar-refractivity contribution in [1.29, 1.82) is 0 Å². The van der Waals surface area contributed by atoms with E-state index in [9.17, 15) is 18.0 Å². The summed E-state index contributed by atoms with van der Waals surface area (Å²) >= 11 is 0. The van der Waals surface area contributed by atoms with Gasteiger partial charge in [-0.2, -0.15) is 0 Å². The maximum absolute atomic E-state index is 13.5. The van der Waals surface area contributed by atoms with Gasteiger partial charge in [0.25, 0.3) is 0 Å². The second-order valence-corrected chi connectivity index (χ2v) is 11.0. The van der Waals surface area contributed by atoms with E-state index in [1.807, 2.05) is 49.4 Å². The van der Waals surface area contributed by atoms with E-state index in [2.05, 4.69) is 9.97 Å². The van der Waals surface area contributed by atoms with Crippen molar-refractivity contribution in [3.05, 3.63) is 96.1 Å². The second kappa shape index (κ2) is 11.0. The number of carbonyl (C=O) groups is 2. The lowest BCUT2D eigenvalue weighted by Gasteiger charge is -2.24. The third-order valence-electron chi connectivity index (χ3n) is 6.04. The number of ketones is 1. The first kappa shape index (κ1) is 26.1. The Bertz CT molecular complexity index is 1550. The summed E-state index contributed by atoms with van der Waals surface area (Å²) in [5.74, 6) is -1.02. The van der Waals surface area contributed by atoms with E-state index in [4.69, 9.17) is 0 Å². The van der Waals surface area contributed by atoms with Crippen molar-refractivity contribution < 1.29 is 18.0 Å². The minimum Gasteiger partial charge on any atom is -0.308 e. The van der Waals surface area contributed by atoms with Crippen LogP contribution in [-0.4, -0.2) is 48.5 Å². The minimum atomic E-state index is -3.72. The lowest BCUT2D eigenvalue weighted by Crippen LogP contribution is -2.32. The van der Waals surface area contributed by atoms with Gasteiger partial charge in [0.15, 0.2) is 5.82 Å². The molecule has 0 aliphatic heterocycles. The van der Waals surface area contributed by atoms with Gasteiger partial charge in [-0.1, -0.05) is 49.4 Å². The van der Waals surface area contributed by atoms with Gasteiger partial charge in [0.05, 0.1) is 17.9 Å². The summed E-state index contributed by atoms with van der Waals surface area (Å²) in [5.41, 5.74) is 2.10. The van der Waals surface area contributed by atoms with Gasteiger partial charge in [-0.15, -0.1) is 0 Å². The molecule has 0 saturated carbocycles. The molecule has 0 N–H and O–H groups in total. The molecule has 0 fully saturated rings. The molecule has 0 atom stereocenters. The van der Waals surface area contributed by atoms with Crippen LogP contribution in [0.15, 0.2) is 84.0 Å². The van der Waals surface area contributed by atoms with Crippen molar-refractivity contribution in [3.63, 3.8) is 0 Å². The number of anilines is 1. The quantitative estimate of drug-likeness (QED) is 0.244. The number of fused-ring (bicyclic) bond motifs is 1. The van der Waals surface area contributed by atoms with E-state index in [-0.39, 0.29) is 17.3 Å². The van der Waals surface area contributed by atoms with Crippen molar-refractivity contribution in [2.75, 3.05) is 19.0 Å². The number of nitrogens with zero attached hydrogens (tertiary/aromatic N) is 4. The van der Waals surface area contributed by atoms with Crippen molar-refractivity contribution >= 4 is 38.2 Å². The Kier molecular flexibility index (Phi) is 7.75. The zero-order valence-corrected chi connectivity index (χ0v) is 21.8. The monoisotopic (exact) mass is 516 g/mol. The Labute approximate surface area is 216 Å². The molecule has 37 heavy (non-hydrogen) atoms. The molecule has 0 aliphatic carbocycles. The predicted octanol–water partition coefficient (Wildman–Crippen LogP) is 4.25. The molecule has 0 bridgehead atoms. The summed E-state index contributed by atoms with van der Waals surface area (Å²) in [4.78, 5) is 36.0. The third kappa shape index (κ3) is 5.90. The standard InChI is InChI=1S/C28H28N4O4S/c1-4-20-17-29-28(30-18-20)26(33)16-27(34)32(19-21-12-13-22-8-5-6-9-23(22)14-21)24-10-7-11-25(15-24)37(35,36)31(2)3/h5-15,17-18H,4,16,19H2,1-3H3. The topological polar surface area (TPSA) is 101 Å². The molecule has 0 unspecified atom stereocenters. The highest BCUT2D eigenvalue weighted by atomic mass is 32.2. The van der Waals surface area contributed by atoms with Crippen LogP contribution < -0.4 is 4.90 Å². The zero-order chi connectivity index (χ0) is 26.6. The minimum absolute atomic E-state index is 0.0276. The Morgan fingerprint density at radius 2 is 1.54 bits per heavy atom. The van der Waals surface area contributed by atoms with Crippen molar-refractivity contribution in [1.82, 2.24) is 14.3 Å². The molecule has 4 aromatic rings. The van der Waals surface area contributed by atoms with Gasteiger partial charge in [0.2, 0.25) is 21.7 Å². The average Bonchev–Trinajstić information content (AvgIpc) is 2.91. The van der Waals surface area contributed by atoms with Crippen LogP contribution in [0.25, 0.3) is 10.8 Å². The van der Waals surface area contributed by atoms with E-state index in [1.54, 1.807) is 24.5 Å². The lowest BCUT2D eigenvalue weighted by atomic mass is 10.1. The Balaban J connectivity index is 1.69. The van der Waals surface area contributed by atoms with E-state index in [0.29, 0.717) is 5.69 Å². The number of hydrogen-bond donors (Lipinski definition) is 0. The summed E-state index contributed by atoms with van der Waals surface area (Å²) in [6, 6.07) is 19.9. The van der Waals surface area contributed by atoms with Gasteiger partial charge in [-0.25, -0.2) is 22.7 Å². The number of aryl methyl sites for hydroxylation is 1. The summed E-state index contributed by atoms with van der Waals surface area (Å²) in [5, 5.41) is 2.07. The van der Waals surface area contributed by atoms with Crippen molar-refractivity contribution in [2.45, 2.75) is 31.2 Å². The van der Waals surface area contributed by atoms with Gasteiger partial charge in [0, 0.05) is 32.2 Å². The third-order valence-corrected chi connectivity index (χ3v) is 7.85. The highest BCUT2D eigenvalue weighted by molar-refractivity contribution is 7.89. The Morgan fingerprint density at radius 1 is 0.838 bits per heavy atom. The van der Waals surface area contributed by atoms with Crippen LogP contribution in [0.4, 0.5) is 5.69 Å². The molecule has 8 nitrogen and oxygen atoms in total. The first-order chi connectivity index (χ1) is 17.7. The molecule has 1 aromatic heterocycles. The summed E-state index contributed by atoms with van der Waals surface area (Å²) in [6.07, 6.45) is 3.43. The number of aromatic nitrogens is 2. The van der Waals surface area contributed by atoms with Gasteiger partial charge in [0.1, 0.15) is 0 Å². The van der Waals surface area contributed by atoms with Crippen LogP contribution in [-0.2, 0) is 27.8 Å². The van der Waals surface area contributed by atoms with Crippen LogP contribution in [0.3, 0.4) is 0 Å². The largest absolute Gasteiger partial charge is 0.308 e. The Hall–Kier alpha value is -3.95. The number of Topliss-reactive ketones (excluding diaryl/α,β-unsaturated/α-hetero) is 1. The van der Waals surface area contributed by atoms with Crippen molar-refractivity contribution in [2.24, 2.45) is 0 Å². The molecule has 4 rings (SSSR count). The molecular weight excluding hydrogens is 488 g/mol. The molecule has 3 aromatic carbocycles. The molecule has 0 aliphatic rings. The molecule has 0 spiro atoms. The normalized spacial score (nSPS) is 11.6. The van der Waals surface area contributed by atoms with E-state index < -0.39 is 28.1 Å². The molecule has 1 amide bonds. The smallest absolute Gasteiger partial charge is 0.242 e. The van der Waals surface area contributed by atoms with E-state index in [1.165, 1.54) is 31.1 Å². The van der Waals surface area contributed by atoms with Crippen LogP contribution in [0.1, 0.15) is 35.1 Å². The first-order valence-corrected chi connectivity index (χ1v) is 13.3. The number of carbonyl (C=O) groups excluding carboxylic acids is 2. The zero-order valence-electron chi connectivity index (χ0n) is 21.0. The van der Waals surface area contributed by atoms with Crippen LogP contribution in [0.5, 0.6) is 0 Å². The lowest BCUT2D eigenvalue weighted by molar-refractivity contribution is -0.117. The predicted molar refractivity (Wildman–Crippen MR) is 143 cm³/mol. The molecule has 9 heteroatoms. The molecule has 0 saturated heterocycles. The maximum Gasteiger partial charge on any atom is 0.242 e. The second-order valence-electron chi connectivity index (χ2n) is 8.81. The number of benzene rings is 3. The first-order valence-electron chi connectivity index (χ1n) is 11.8. The molecular formula is C28H28N4O4S. The molecule has 1 heterocycles. The summed E-state index contributed by atoms with van der Waals surface area (Å²) in [6.45, 7) is 2.11. The van der Waals surface area contributed by atoms with Gasteiger partial charge >= 0.3 is 0 Å². The van der Waals surface area contributed by atoms with E-state index in [0.717, 1.165) is 32.6 Å². The van der Waals surface area contributed by atoms with Gasteiger partial charge < -0.3 is 4.90 Å². The van der Waals surface area contributed by atoms with Gasteiger partial charge in [-0.3, -0.25) is 9.59 Å². The number of sulfonamides is 1. The molecule has 0 radical (unpaired) electrons. The summed E-state index contributed by atoms with van der Waals surface area (Å²) in [7, 11) is -0.831. The fraction of sp³-hybridized carbons (Fsp3) is 0.214. The Morgan fingerprint density at radius 3 is 2.22 bits per heavy atom. The van der Waals surface area contributed by atoms with Crippen LogP contribution in [0.2, 0.25) is 0 Å². The van der Waals surface area contributed by atoms with E-state index >= 15 is 0 Å². The number of hydrogen-bond acceptors (Lipinski definition) is 6. The number of rotatable bonds is 9. The van der Waals surface area contributed by atoms with Gasteiger partial charge in [-0.05, 0) is 52.6 Å². The van der Waals surface area contributed by atoms with Crippen molar-refractivity contribution in [3.8, 4) is 0 Å². The average molecular weight is 517 g/mol. The number of amides is 1. The maximum atomic E-state index is 13.5. The van der Waals surface area contributed by atoms with Crippen LogP contribution >= 0.6 is 0 Å². The SMILES string of the molecule is CCc1cnc(C(=O)CC(=O)N(Cc2ccc3ccccc3c2)c2cccc(S(=O)(=O)N(C)C)c2)nc1. The van der Waals surface area contributed by atoms with Crippen LogP contribution in [0, 0.1) is 0 Å². The summed E-state index contributed by atoms with van der Waals surface area (Å²) < 4.78 is 26.6. The highest BCUT2D eigenvalue weighted by Gasteiger charge is 2.24. The fourth-order valence-electron chi connectivity index (χ4n) is 3.86. The highest BCUT2D eigenvalue weighted by Crippen LogP contribution is 2.25. The molecule has 190 valence electrons.